The van der Waals surface area contributed by atoms with Crippen LogP contribution in [0.5, 0.6) is 0 Å². The predicted molar refractivity (Wildman–Crippen MR) is 86.4 cm³/mol. The van der Waals surface area contributed by atoms with Crippen molar-refractivity contribution in [2.45, 2.75) is 6.04 Å². The van der Waals surface area contributed by atoms with Gasteiger partial charge in [-0.2, -0.15) is 0 Å². The Morgan fingerprint density at radius 1 is 1.10 bits per heavy atom. The minimum absolute atomic E-state index is 0.0802. The van der Waals surface area contributed by atoms with Crippen molar-refractivity contribution in [2.24, 2.45) is 4.99 Å². The fourth-order valence-electron chi connectivity index (χ4n) is 2.52. The normalized spacial score (nSPS) is 18.0. The highest BCUT2D eigenvalue weighted by atomic mass is 35.5. The van der Waals surface area contributed by atoms with Crippen LogP contribution in [0, 0.1) is 0 Å². The second kappa shape index (κ2) is 5.70. The Kier molecular flexibility index (Phi) is 3.76. The second-order valence-electron chi connectivity index (χ2n) is 4.93. The molecule has 0 saturated heterocycles. The van der Waals surface area contributed by atoms with E-state index < -0.39 is 6.04 Å². The molecule has 0 aliphatic carbocycles. The van der Waals surface area contributed by atoms with Crippen molar-refractivity contribution in [3.8, 4) is 0 Å². The summed E-state index contributed by atoms with van der Waals surface area (Å²) < 4.78 is 0. The van der Waals surface area contributed by atoms with Gasteiger partial charge in [0.2, 0.25) is 0 Å². The molecule has 0 radical (unpaired) electrons. The number of hydrogen-bond donors (Lipinski definition) is 0. The average Bonchev–Trinajstić information content (AvgIpc) is 2.65. The lowest BCUT2D eigenvalue weighted by Crippen LogP contribution is -2.35. The Balaban J connectivity index is 2.24. The van der Waals surface area contributed by atoms with E-state index in [-0.39, 0.29) is 11.8 Å². The molecule has 2 aromatic carbocycles. The van der Waals surface area contributed by atoms with Gasteiger partial charge < -0.3 is 4.90 Å². The van der Waals surface area contributed by atoms with E-state index >= 15 is 0 Å². The van der Waals surface area contributed by atoms with Crippen LogP contribution in [0.2, 0.25) is 0 Å². The molecule has 4 heteroatoms. The molecule has 1 aliphatic heterocycles. The summed E-state index contributed by atoms with van der Waals surface area (Å²) in [5.41, 5.74) is 3.61. The molecule has 0 saturated carbocycles. The minimum atomic E-state index is -0.556. The van der Waals surface area contributed by atoms with Crippen LogP contribution in [0.4, 0.5) is 5.69 Å². The van der Waals surface area contributed by atoms with Crippen molar-refractivity contribution in [3.63, 3.8) is 0 Å². The van der Waals surface area contributed by atoms with Crippen molar-refractivity contribution >= 4 is 28.9 Å². The molecule has 3 rings (SSSR count). The Morgan fingerprint density at radius 2 is 1.76 bits per heavy atom. The number of rotatable bonds is 2. The zero-order valence-electron chi connectivity index (χ0n) is 11.7. The minimum Gasteiger partial charge on any atom is -0.313 e. The van der Waals surface area contributed by atoms with Gasteiger partial charge in [0, 0.05) is 18.2 Å². The summed E-state index contributed by atoms with van der Waals surface area (Å²) in [6, 6.07) is 17.1. The Morgan fingerprint density at radius 3 is 2.48 bits per heavy atom. The zero-order valence-corrected chi connectivity index (χ0v) is 12.4. The maximum atomic E-state index is 12.5. The van der Waals surface area contributed by atoms with Crippen molar-refractivity contribution in [2.75, 3.05) is 17.8 Å². The molecular formula is C17H15ClN2O. The van der Waals surface area contributed by atoms with Gasteiger partial charge >= 0.3 is 0 Å². The first kappa shape index (κ1) is 13.8. The number of halogens is 1. The lowest BCUT2D eigenvalue weighted by molar-refractivity contribution is -0.119. The Hall–Kier alpha value is -2.13. The molecule has 106 valence electrons. The third-order valence-electron chi connectivity index (χ3n) is 3.61. The topological polar surface area (TPSA) is 32.7 Å². The van der Waals surface area contributed by atoms with Crippen molar-refractivity contribution in [1.82, 2.24) is 0 Å². The highest BCUT2D eigenvalue weighted by Gasteiger charge is 2.28. The second-order valence-corrected chi connectivity index (χ2v) is 5.24. The van der Waals surface area contributed by atoms with Gasteiger partial charge in [0.15, 0.2) is 0 Å². The summed E-state index contributed by atoms with van der Waals surface area (Å²) >= 11 is 5.95. The van der Waals surface area contributed by atoms with Gasteiger partial charge in [0.05, 0.1) is 17.3 Å². The van der Waals surface area contributed by atoms with Crippen LogP contribution < -0.4 is 4.90 Å². The van der Waals surface area contributed by atoms with E-state index in [9.17, 15) is 4.79 Å². The first-order chi connectivity index (χ1) is 10.2. The van der Waals surface area contributed by atoms with Crippen molar-refractivity contribution < 1.29 is 4.79 Å². The number of hydrogen-bond acceptors (Lipinski definition) is 2. The molecule has 2 aromatic rings. The smallest absolute Gasteiger partial charge is 0.252 e. The molecule has 1 atom stereocenters. The summed E-state index contributed by atoms with van der Waals surface area (Å²) in [6.07, 6.45) is 0. The number of aliphatic imine (C=N–C) groups is 1. The number of nitrogens with zero attached hydrogens (tertiary/aromatic N) is 2. The van der Waals surface area contributed by atoms with Gasteiger partial charge in [0.25, 0.3) is 5.91 Å². The van der Waals surface area contributed by atoms with Crippen LogP contribution in [0.1, 0.15) is 11.1 Å². The summed E-state index contributed by atoms with van der Waals surface area (Å²) in [4.78, 5) is 18.7. The van der Waals surface area contributed by atoms with Crippen LogP contribution in [-0.2, 0) is 4.79 Å². The van der Waals surface area contributed by atoms with E-state index in [4.69, 9.17) is 11.6 Å². The molecule has 0 bridgehead atoms. The van der Waals surface area contributed by atoms with Gasteiger partial charge in [-0.15, -0.1) is 11.6 Å². The van der Waals surface area contributed by atoms with Gasteiger partial charge in [-0.1, -0.05) is 48.5 Å². The van der Waals surface area contributed by atoms with Gasteiger partial charge in [-0.3, -0.25) is 9.79 Å². The standard InChI is InChI=1S/C17H15ClN2O/c1-20-15-10-6-5-9-13(15)16(12-7-3-2-4-8-12)19-14(11-18)17(20)21/h2-10,14H,11H2,1H3. The van der Waals surface area contributed by atoms with Crippen LogP contribution in [0.25, 0.3) is 0 Å². The van der Waals surface area contributed by atoms with Crippen LogP contribution >= 0.6 is 11.6 Å². The average molecular weight is 299 g/mol. The van der Waals surface area contributed by atoms with Crippen LogP contribution in [0.15, 0.2) is 59.6 Å². The van der Waals surface area contributed by atoms with Gasteiger partial charge in [-0.25, -0.2) is 0 Å². The number of benzene rings is 2. The van der Waals surface area contributed by atoms with Crippen molar-refractivity contribution in [3.05, 3.63) is 65.7 Å². The maximum Gasteiger partial charge on any atom is 0.252 e. The first-order valence-corrected chi connectivity index (χ1v) is 7.32. The summed E-state index contributed by atoms with van der Waals surface area (Å²) in [5.74, 6) is 0.0939. The van der Waals surface area contributed by atoms with Gasteiger partial charge in [0.1, 0.15) is 6.04 Å². The molecule has 0 fully saturated rings. The fourth-order valence-corrected chi connectivity index (χ4v) is 2.72. The zero-order chi connectivity index (χ0) is 14.8. The van der Waals surface area contributed by atoms with E-state index in [0.717, 1.165) is 22.5 Å². The highest BCUT2D eigenvalue weighted by molar-refractivity contribution is 6.24. The molecule has 1 heterocycles. The Bertz CT molecular complexity index is 697. The molecule has 0 N–H and O–H groups in total. The van der Waals surface area contributed by atoms with E-state index in [1.807, 2.05) is 54.6 Å². The predicted octanol–water partition coefficient (Wildman–Crippen LogP) is 3.11. The van der Waals surface area contributed by atoms with E-state index in [1.165, 1.54) is 0 Å². The summed E-state index contributed by atoms with van der Waals surface area (Å²) in [5, 5.41) is 0. The molecule has 1 amide bonds. The SMILES string of the molecule is CN1C(=O)C(CCl)N=C(c2ccccc2)c2ccccc21. The molecule has 21 heavy (non-hydrogen) atoms. The third-order valence-corrected chi connectivity index (χ3v) is 3.91. The monoisotopic (exact) mass is 298 g/mol. The van der Waals surface area contributed by atoms with E-state index in [2.05, 4.69) is 4.99 Å². The number of alkyl halides is 1. The van der Waals surface area contributed by atoms with Crippen LogP contribution in [-0.4, -0.2) is 30.6 Å². The van der Waals surface area contributed by atoms with Gasteiger partial charge in [-0.05, 0) is 6.07 Å². The maximum absolute atomic E-state index is 12.5. The number of benzodiazepines with no additional fused rings is 1. The van der Waals surface area contributed by atoms with Crippen LogP contribution in [0.3, 0.4) is 0 Å². The first-order valence-electron chi connectivity index (χ1n) is 6.78. The molecular weight excluding hydrogens is 284 g/mol. The largest absolute Gasteiger partial charge is 0.313 e. The Labute approximate surface area is 128 Å². The molecule has 0 spiro atoms. The molecule has 1 aliphatic rings. The molecule has 1 unspecified atom stereocenters. The number of carbonyl (C=O) groups excluding carboxylic acids is 1. The number of carbonyl (C=O) groups is 1. The number of para-hydroxylation sites is 1. The number of fused-ring (bicyclic) bond motifs is 1. The fraction of sp³-hybridized carbons (Fsp3) is 0.176. The molecule has 0 aromatic heterocycles. The summed E-state index contributed by atoms with van der Waals surface area (Å²) in [6.45, 7) is 0. The number of likely N-dealkylation sites (N-methyl/N-ethyl adjacent to an activating group) is 1. The quantitative estimate of drug-likeness (QED) is 0.784. The molecule has 3 nitrogen and oxygen atoms in total. The highest BCUT2D eigenvalue weighted by Crippen LogP contribution is 2.27. The summed E-state index contributed by atoms with van der Waals surface area (Å²) in [7, 11) is 1.77. The lowest BCUT2D eigenvalue weighted by Gasteiger charge is -2.19. The third kappa shape index (κ3) is 2.45. The number of amides is 1. The lowest BCUT2D eigenvalue weighted by atomic mass is 10.0. The van der Waals surface area contributed by atoms with E-state index in [1.54, 1.807) is 11.9 Å². The van der Waals surface area contributed by atoms with E-state index in [0.29, 0.717) is 0 Å². The number of anilines is 1. The van der Waals surface area contributed by atoms with Crippen molar-refractivity contribution in [1.29, 1.82) is 0 Å².